The zero-order valence-corrected chi connectivity index (χ0v) is 16.5. The van der Waals surface area contributed by atoms with Crippen molar-refractivity contribution in [1.29, 1.82) is 0 Å². The van der Waals surface area contributed by atoms with E-state index < -0.39 is 0 Å². The molecular formula is C21H20ClN7. The van der Waals surface area contributed by atoms with Crippen molar-refractivity contribution >= 4 is 28.6 Å². The Morgan fingerprint density at radius 1 is 0.966 bits per heavy atom. The summed E-state index contributed by atoms with van der Waals surface area (Å²) >= 11 is 6.04. The normalized spacial score (nSPS) is 14.4. The summed E-state index contributed by atoms with van der Waals surface area (Å²) in [7, 11) is 0. The van der Waals surface area contributed by atoms with Crippen molar-refractivity contribution < 1.29 is 0 Å². The average Bonchev–Trinajstić information content (AvgIpc) is 3.13. The van der Waals surface area contributed by atoms with Crippen LogP contribution >= 0.6 is 11.6 Å². The fraction of sp³-hybridized carbons (Fsp3) is 0.190. The SMILES string of the molecule is Nc1ncccc1-c1nc2ccc(-c3ccc(Cl)cc3)nc2n1N1CCNCC1. The molecule has 4 aromatic rings. The second-order valence-corrected chi connectivity index (χ2v) is 7.37. The van der Waals surface area contributed by atoms with Gasteiger partial charge in [0.15, 0.2) is 11.5 Å². The maximum absolute atomic E-state index is 6.18. The fourth-order valence-corrected chi connectivity index (χ4v) is 3.76. The van der Waals surface area contributed by atoms with E-state index in [9.17, 15) is 0 Å². The standard InChI is InChI=1S/C21H20ClN7/c22-15-5-3-14(4-6-15)17-7-8-18-21(26-17)29(28-12-10-24-11-13-28)20(27-18)16-2-1-9-25-19(16)23/h1-9,24H,10-13H2,(H2,23,25). The first-order valence-electron chi connectivity index (χ1n) is 9.53. The van der Waals surface area contributed by atoms with Crippen LogP contribution in [-0.2, 0) is 0 Å². The molecule has 0 saturated carbocycles. The van der Waals surface area contributed by atoms with Gasteiger partial charge in [0.05, 0.1) is 11.3 Å². The average molecular weight is 406 g/mol. The number of pyridine rings is 2. The summed E-state index contributed by atoms with van der Waals surface area (Å²) in [6, 6.07) is 15.5. The van der Waals surface area contributed by atoms with Gasteiger partial charge in [0.2, 0.25) is 0 Å². The first-order chi connectivity index (χ1) is 14.2. The van der Waals surface area contributed by atoms with Crippen LogP contribution in [0.5, 0.6) is 0 Å². The molecule has 7 nitrogen and oxygen atoms in total. The van der Waals surface area contributed by atoms with Gasteiger partial charge in [-0.05, 0) is 36.4 Å². The highest BCUT2D eigenvalue weighted by atomic mass is 35.5. The molecule has 1 aromatic carbocycles. The van der Waals surface area contributed by atoms with Crippen molar-refractivity contribution in [2.75, 3.05) is 36.9 Å². The molecule has 1 aliphatic heterocycles. The molecule has 3 aromatic heterocycles. The van der Waals surface area contributed by atoms with Gasteiger partial charge in [-0.2, -0.15) is 0 Å². The highest BCUT2D eigenvalue weighted by Crippen LogP contribution is 2.29. The van der Waals surface area contributed by atoms with Crippen LogP contribution < -0.4 is 16.1 Å². The van der Waals surface area contributed by atoms with E-state index in [2.05, 4.69) is 20.0 Å². The van der Waals surface area contributed by atoms with Crippen LogP contribution in [0, 0.1) is 0 Å². The Morgan fingerprint density at radius 2 is 1.76 bits per heavy atom. The van der Waals surface area contributed by atoms with Gasteiger partial charge < -0.3 is 16.1 Å². The molecule has 0 unspecified atom stereocenters. The lowest BCUT2D eigenvalue weighted by molar-refractivity contribution is 0.499. The summed E-state index contributed by atoms with van der Waals surface area (Å²) in [4.78, 5) is 14.1. The third kappa shape index (κ3) is 3.28. The maximum Gasteiger partial charge on any atom is 0.180 e. The van der Waals surface area contributed by atoms with Crippen LogP contribution in [0.15, 0.2) is 54.7 Å². The molecule has 0 atom stereocenters. The van der Waals surface area contributed by atoms with Crippen LogP contribution in [0.25, 0.3) is 33.8 Å². The highest BCUT2D eigenvalue weighted by Gasteiger charge is 2.22. The Hall–Kier alpha value is -3.16. The fourth-order valence-electron chi connectivity index (χ4n) is 3.63. The number of halogens is 1. The second-order valence-electron chi connectivity index (χ2n) is 6.93. The lowest BCUT2D eigenvalue weighted by Crippen LogP contribution is -2.49. The van der Waals surface area contributed by atoms with Gasteiger partial charge in [0.1, 0.15) is 11.3 Å². The highest BCUT2D eigenvalue weighted by molar-refractivity contribution is 6.30. The molecular weight excluding hydrogens is 386 g/mol. The van der Waals surface area contributed by atoms with Gasteiger partial charge >= 0.3 is 0 Å². The second kappa shape index (κ2) is 7.35. The smallest absolute Gasteiger partial charge is 0.180 e. The molecule has 0 bridgehead atoms. The Bertz CT molecular complexity index is 1160. The van der Waals surface area contributed by atoms with Crippen molar-refractivity contribution in [1.82, 2.24) is 24.9 Å². The van der Waals surface area contributed by atoms with E-state index in [4.69, 9.17) is 27.3 Å². The van der Waals surface area contributed by atoms with Crippen molar-refractivity contribution in [2.24, 2.45) is 0 Å². The molecule has 0 amide bonds. The van der Waals surface area contributed by atoms with Crippen LogP contribution in [0.3, 0.4) is 0 Å². The monoisotopic (exact) mass is 405 g/mol. The Labute approximate surface area is 173 Å². The zero-order chi connectivity index (χ0) is 19.8. The maximum atomic E-state index is 6.18. The predicted molar refractivity (Wildman–Crippen MR) is 116 cm³/mol. The van der Waals surface area contributed by atoms with E-state index in [1.54, 1.807) is 6.20 Å². The van der Waals surface area contributed by atoms with Gasteiger partial charge in [-0.3, -0.25) is 0 Å². The molecule has 5 rings (SSSR count). The number of nitrogen functional groups attached to an aromatic ring is 1. The molecule has 1 fully saturated rings. The Kier molecular flexibility index (Phi) is 4.54. The third-order valence-electron chi connectivity index (χ3n) is 5.08. The number of hydrogen-bond donors (Lipinski definition) is 2. The minimum absolute atomic E-state index is 0.456. The van der Waals surface area contributed by atoms with Crippen molar-refractivity contribution in [3.05, 3.63) is 59.8 Å². The summed E-state index contributed by atoms with van der Waals surface area (Å²) in [6.45, 7) is 3.51. The lowest BCUT2D eigenvalue weighted by Gasteiger charge is -2.31. The number of piperazine rings is 1. The third-order valence-corrected chi connectivity index (χ3v) is 5.33. The van der Waals surface area contributed by atoms with E-state index in [1.165, 1.54) is 0 Å². The molecule has 3 N–H and O–H groups in total. The minimum Gasteiger partial charge on any atom is -0.383 e. The largest absolute Gasteiger partial charge is 0.383 e. The lowest BCUT2D eigenvalue weighted by atomic mass is 10.1. The number of nitrogens with two attached hydrogens (primary N) is 1. The van der Waals surface area contributed by atoms with Crippen molar-refractivity contribution in [2.45, 2.75) is 0 Å². The summed E-state index contributed by atoms with van der Waals surface area (Å²) in [6.07, 6.45) is 1.69. The molecule has 0 aliphatic carbocycles. The van der Waals surface area contributed by atoms with Gasteiger partial charge in [0, 0.05) is 43.0 Å². The summed E-state index contributed by atoms with van der Waals surface area (Å²) < 4.78 is 2.09. The summed E-state index contributed by atoms with van der Waals surface area (Å²) in [5.74, 6) is 1.21. The van der Waals surface area contributed by atoms with Crippen molar-refractivity contribution in [3.63, 3.8) is 0 Å². The first-order valence-corrected chi connectivity index (χ1v) is 9.91. The molecule has 8 heteroatoms. The zero-order valence-electron chi connectivity index (χ0n) is 15.7. The van der Waals surface area contributed by atoms with Gasteiger partial charge in [-0.15, -0.1) is 0 Å². The number of nitrogens with zero attached hydrogens (tertiary/aromatic N) is 5. The number of imidazole rings is 1. The number of rotatable bonds is 3. The predicted octanol–water partition coefficient (Wildman–Crippen LogP) is 2.94. The summed E-state index contributed by atoms with van der Waals surface area (Å²) in [5.41, 5.74) is 10.5. The molecule has 1 saturated heterocycles. The first kappa shape index (κ1) is 17.9. The minimum atomic E-state index is 0.456. The topological polar surface area (TPSA) is 84.9 Å². The number of hydrogen-bond acceptors (Lipinski definition) is 6. The van der Waals surface area contributed by atoms with Gasteiger partial charge in [0.25, 0.3) is 0 Å². The molecule has 29 heavy (non-hydrogen) atoms. The number of benzene rings is 1. The molecule has 146 valence electrons. The van der Waals surface area contributed by atoms with E-state index in [0.717, 1.165) is 60.0 Å². The van der Waals surface area contributed by atoms with E-state index >= 15 is 0 Å². The van der Waals surface area contributed by atoms with Crippen LogP contribution in [0.1, 0.15) is 0 Å². The number of fused-ring (bicyclic) bond motifs is 1. The van der Waals surface area contributed by atoms with E-state index in [-0.39, 0.29) is 0 Å². The Morgan fingerprint density at radius 3 is 2.52 bits per heavy atom. The number of nitrogens with one attached hydrogen (secondary N) is 1. The van der Waals surface area contributed by atoms with Gasteiger partial charge in [-0.25, -0.2) is 19.6 Å². The Balaban J connectivity index is 1.72. The van der Waals surface area contributed by atoms with E-state index in [1.807, 2.05) is 48.5 Å². The molecule has 0 radical (unpaired) electrons. The van der Waals surface area contributed by atoms with Gasteiger partial charge in [-0.1, -0.05) is 23.7 Å². The van der Waals surface area contributed by atoms with Crippen LogP contribution in [-0.4, -0.2) is 45.8 Å². The quantitative estimate of drug-likeness (QED) is 0.545. The molecule has 1 aliphatic rings. The number of anilines is 1. The van der Waals surface area contributed by atoms with Crippen LogP contribution in [0.2, 0.25) is 5.02 Å². The number of aromatic nitrogens is 4. The molecule has 4 heterocycles. The van der Waals surface area contributed by atoms with E-state index in [0.29, 0.717) is 10.8 Å². The van der Waals surface area contributed by atoms with Crippen LogP contribution in [0.4, 0.5) is 5.82 Å². The summed E-state index contributed by atoms with van der Waals surface area (Å²) in [5, 5.41) is 6.35. The molecule has 0 spiro atoms. The van der Waals surface area contributed by atoms with Crippen molar-refractivity contribution in [3.8, 4) is 22.6 Å².